The molecule has 0 aromatic heterocycles. The monoisotopic (exact) mass is 301 g/mol. The summed E-state index contributed by atoms with van der Waals surface area (Å²) in [6.07, 6.45) is 3.73. The summed E-state index contributed by atoms with van der Waals surface area (Å²) < 4.78 is 0. The first-order valence-corrected chi connectivity index (χ1v) is 7.47. The first-order chi connectivity index (χ1) is 9.72. The summed E-state index contributed by atoms with van der Waals surface area (Å²) in [6, 6.07) is 15.5. The Kier molecular flexibility index (Phi) is 5.05. The zero-order chi connectivity index (χ0) is 14.4. The molecule has 0 bridgehead atoms. The molecule has 0 aliphatic rings. The van der Waals surface area contributed by atoms with E-state index in [9.17, 15) is 0 Å². The molecule has 100 valence electrons. The fraction of sp³-hybridized carbons (Fsp3) is 0.0667. The van der Waals surface area contributed by atoms with E-state index in [1.54, 1.807) is 0 Å². The van der Waals surface area contributed by atoms with Crippen molar-refractivity contribution in [1.29, 1.82) is 5.26 Å². The first-order valence-electron chi connectivity index (χ1n) is 5.86. The van der Waals surface area contributed by atoms with Crippen LogP contribution in [0.1, 0.15) is 0 Å². The lowest BCUT2D eigenvalue weighted by Crippen LogP contribution is -2.12. The van der Waals surface area contributed by atoms with E-state index in [1.165, 1.54) is 11.8 Å². The lowest BCUT2D eigenvalue weighted by Gasteiger charge is -2.04. The van der Waals surface area contributed by atoms with Crippen molar-refractivity contribution in [3.8, 4) is 17.3 Å². The minimum absolute atomic E-state index is 0.572. The molecule has 0 fully saturated rings. The number of halogens is 1. The van der Waals surface area contributed by atoms with Gasteiger partial charge in [-0.15, -0.1) is 0 Å². The second kappa shape index (κ2) is 6.99. The van der Waals surface area contributed by atoms with Gasteiger partial charge < -0.3 is 0 Å². The highest BCUT2D eigenvalue weighted by atomic mass is 35.5. The summed E-state index contributed by atoms with van der Waals surface area (Å²) in [5.74, 6) is 0. The van der Waals surface area contributed by atoms with Crippen molar-refractivity contribution in [1.82, 2.24) is 5.32 Å². The molecule has 0 radical (unpaired) electrons. The topological polar surface area (TPSA) is 48.2 Å². The number of hydrogen-bond donors (Lipinski definition) is 1. The maximum absolute atomic E-state index is 8.60. The van der Waals surface area contributed by atoms with Crippen molar-refractivity contribution in [2.45, 2.75) is 0 Å². The van der Waals surface area contributed by atoms with E-state index in [-0.39, 0.29) is 0 Å². The predicted molar refractivity (Wildman–Crippen MR) is 86.2 cm³/mol. The largest absolute Gasteiger partial charge is 0.271 e. The van der Waals surface area contributed by atoms with Gasteiger partial charge in [0, 0.05) is 5.02 Å². The highest BCUT2D eigenvalue weighted by molar-refractivity contribution is 8.13. The van der Waals surface area contributed by atoms with Gasteiger partial charge in [-0.25, -0.2) is 4.99 Å². The molecule has 2 aromatic carbocycles. The SMILES string of the molecule is CSC(=Nc1ccc(-c2cccc(Cl)c2)cc1)NC#N. The molecule has 2 aromatic rings. The number of amidine groups is 1. The molecular weight excluding hydrogens is 290 g/mol. The van der Waals surface area contributed by atoms with Crippen LogP contribution >= 0.6 is 23.4 Å². The van der Waals surface area contributed by atoms with Crippen LogP contribution in [0.25, 0.3) is 11.1 Å². The van der Waals surface area contributed by atoms with Crippen LogP contribution in [0.3, 0.4) is 0 Å². The molecule has 2 rings (SSSR count). The van der Waals surface area contributed by atoms with E-state index in [0.717, 1.165) is 16.8 Å². The Hall–Kier alpha value is -1.96. The lowest BCUT2D eigenvalue weighted by molar-refractivity contribution is 1.28. The molecule has 0 saturated heterocycles. The lowest BCUT2D eigenvalue weighted by atomic mass is 10.1. The van der Waals surface area contributed by atoms with Crippen LogP contribution < -0.4 is 5.32 Å². The molecule has 0 amide bonds. The van der Waals surface area contributed by atoms with Crippen molar-refractivity contribution < 1.29 is 0 Å². The summed E-state index contributed by atoms with van der Waals surface area (Å²) in [4.78, 5) is 4.34. The Morgan fingerprint density at radius 3 is 2.55 bits per heavy atom. The van der Waals surface area contributed by atoms with Crippen LogP contribution in [0.4, 0.5) is 5.69 Å². The fourth-order valence-corrected chi connectivity index (χ4v) is 2.22. The van der Waals surface area contributed by atoms with Gasteiger partial charge in [-0.3, -0.25) is 5.32 Å². The number of nitrogens with zero attached hydrogens (tertiary/aromatic N) is 2. The number of aliphatic imine (C=N–C) groups is 1. The van der Waals surface area contributed by atoms with E-state index < -0.39 is 0 Å². The van der Waals surface area contributed by atoms with Crippen LogP contribution in [0.15, 0.2) is 53.5 Å². The summed E-state index contributed by atoms with van der Waals surface area (Å²) in [6.45, 7) is 0. The number of hydrogen-bond acceptors (Lipinski definition) is 3. The van der Waals surface area contributed by atoms with Crippen molar-refractivity contribution in [2.75, 3.05) is 6.26 Å². The average molecular weight is 302 g/mol. The quantitative estimate of drug-likeness (QED) is 0.386. The molecule has 0 aliphatic carbocycles. The number of nitrogens with one attached hydrogen (secondary N) is 1. The second-order valence-electron chi connectivity index (χ2n) is 3.92. The average Bonchev–Trinajstić information content (AvgIpc) is 2.47. The van der Waals surface area contributed by atoms with E-state index in [4.69, 9.17) is 16.9 Å². The molecule has 0 spiro atoms. The van der Waals surface area contributed by atoms with E-state index >= 15 is 0 Å². The minimum atomic E-state index is 0.572. The Morgan fingerprint density at radius 1 is 1.20 bits per heavy atom. The highest BCUT2D eigenvalue weighted by Crippen LogP contribution is 2.25. The van der Waals surface area contributed by atoms with Gasteiger partial charge in [0.05, 0.1) is 5.69 Å². The molecule has 0 heterocycles. The first kappa shape index (κ1) is 14.4. The van der Waals surface area contributed by atoms with E-state index in [0.29, 0.717) is 10.2 Å². The summed E-state index contributed by atoms with van der Waals surface area (Å²) >= 11 is 7.38. The van der Waals surface area contributed by atoms with Gasteiger partial charge in [-0.2, -0.15) is 5.26 Å². The molecule has 0 aliphatic heterocycles. The summed E-state index contributed by atoms with van der Waals surface area (Å²) in [5, 5.41) is 12.4. The molecule has 3 nitrogen and oxygen atoms in total. The molecular formula is C15H12ClN3S. The Bertz CT molecular complexity index is 660. The van der Waals surface area contributed by atoms with Crippen molar-refractivity contribution in [3.05, 3.63) is 53.6 Å². The van der Waals surface area contributed by atoms with E-state index in [2.05, 4.69) is 10.3 Å². The van der Waals surface area contributed by atoms with E-state index in [1.807, 2.05) is 61.0 Å². The molecule has 0 unspecified atom stereocenters. The maximum Gasteiger partial charge on any atom is 0.183 e. The second-order valence-corrected chi connectivity index (χ2v) is 5.15. The zero-order valence-electron chi connectivity index (χ0n) is 10.8. The van der Waals surface area contributed by atoms with Crippen LogP contribution in [-0.2, 0) is 0 Å². The van der Waals surface area contributed by atoms with Gasteiger partial charge in [0.15, 0.2) is 11.4 Å². The zero-order valence-corrected chi connectivity index (χ0v) is 12.4. The van der Waals surface area contributed by atoms with Gasteiger partial charge in [-0.1, -0.05) is 47.6 Å². The predicted octanol–water partition coefficient (Wildman–Crippen LogP) is 4.43. The molecule has 20 heavy (non-hydrogen) atoms. The molecule has 5 heteroatoms. The third-order valence-corrected chi connectivity index (χ3v) is 3.43. The minimum Gasteiger partial charge on any atom is -0.271 e. The standard InChI is InChI=1S/C15H12ClN3S/c1-20-15(18-10-17)19-14-7-5-11(6-8-14)12-3-2-4-13(16)9-12/h2-9H,1H3,(H,18,19). The molecule has 1 N–H and O–H groups in total. The van der Waals surface area contributed by atoms with Crippen molar-refractivity contribution >= 4 is 34.2 Å². The van der Waals surface area contributed by atoms with Gasteiger partial charge in [0.2, 0.25) is 0 Å². The van der Waals surface area contributed by atoms with Crippen LogP contribution in [0.5, 0.6) is 0 Å². The van der Waals surface area contributed by atoms with Gasteiger partial charge in [-0.05, 0) is 41.6 Å². The fourth-order valence-electron chi connectivity index (χ4n) is 1.69. The maximum atomic E-state index is 8.60. The van der Waals surface area contributed by atoms with Gasteiger partial charge in [0.1, 0.15) is 0 Å². The Morgan fingerprint density at radius 2 is 1.95 bits per heavy atom. The molecule has 0 atom stereocenters. The number of nitriles is 1. The van der Waals surface area contributed by atoms with Crippen LogP contribution in [0.2, 0.25) is 5.02 Å². The van der Waals surface area contributed by atoms with Gasteiger partial charge >= 0.3 is 0 Å². The molecule has 0 saturated carbocycles. The summed E-state index contributed by atoms with van der Waals surface area (Å²) in [7, 11) is 0. The summed E-state index contributed by atoms with van der Waals surface area (Å²) in [5.41, 5.74) is 2.93. The van der Waals surface area contributed by atoms with Crippen molar-refractivity contribution in [2.24, 2.45) is 4.99 Å². The normalized spacial score (nSPS) is 10.9. The number of thioether (sulfide) groups is 1. The third kappa shape index (κ3) is 3.77. The van der Waals surface area contributed by atoms with Gasteiger partial charge in [0.25, 0.3) is 0 Å². The Labute approximate surface area is 127 Å². The van der Waals surface area contributed by atoms with Crippen molar-refractivity contribution in [3.63, 3.8) is 0 Å². The third-order valence-electron chi connectivity index (χ3n) is 2.61. The highest BCUT2D eigenvalue weighted by Gasteiger charge is 2.00. The smallest absolute Gasteiger partial charge is 0.183 e. The number of benzene rings is 2. The van der Waals surface area contributed by atoms with Crippen LogP contribution in [0, 0.1) is 11.5 Å². The Balaban J connectivity index is 2.25. The number of rotatable bonds is 2. The van der Waals surface area contributed by atoms with Crippen LogP contribution in [-0.4, -0.2) is 11.4 Å².